The van der Waals surface area contributed by atoms with Crippen molar-refractivity contribution in [2.24, 2.45) is 0 Å². The van der Waals surface area contributed by atoms with Crippen molar-refractivity contribution in [3.05, 3.63) is 40.2 Å². The van der Waals surface area contributed by atoms with Crippen LogP contribution < -0.4 is 10.2 Å². The molecule has 0 aliphatic carbocycles. The van der Waals surface area contributed by atoms with Crippen LogP contribution in [0.15, 0.2) is 11.4 Å². The third-order valence-electron chi connectivity index (χ3n) is 2.73. The van der Waals surface area contributed by atoms with Gasteiger partial charge in [0.25, 0.3) is 5.91 Å². The summed E-state index contributed by atoms with van der Waals surface area (Å²) in [6.45, 7) is -0.0115. The lowest BCUT2D eigenvalue weighted by Crippen LogP contribution is -2.24. The predicted octanol–water partition coefficient (Wildman–Crippen LogP) is 2.26. The normalized spacial score (nSPS) is 10.6. The first-order valence-corrected chi connectivity index (χ1v) is 6.95. The number of nitrogens with one attached hydrogen (secondary N) is 1. The molecule has 22 heavy (non-hydrogen) atoms. The van der Waals surface area contributed by atoms with Crippen molar-refractivity contribution in [1.29, 1.82) is 0 Å². The smallest absolute Gasteiger partial charge is 0.254 e. The Kier molecular flexibility index (Phi) is 4.55. The monoisotopic (exact) mass is 331 g/mol. The molecule has 1 aromatic carbocycles. The van der Waals surface area contributed by atoms with Crippen molar-refractivity contribution in [1.82, 2.24) is 10.3 Å². The molecule has 0 saturated heterocycles. The van der Waals surface area contributed by atoms with Crippen molar-refractivity contribution < 1.29 is 23.1 Å². The average Bonchev–Trinajstić information content (AvgIpc) is 2.95. The molecule has 2 aromatic rings. The van der Waals surface area contributed by atoms with Gasteiger partial charge in [-0.2, -0.15) is 4.39 Å². The highest BCUT2D eigenvalue weighted by atomic mass is 32.1. The molecule has 1 heterocycles. The number of aromatic nitrogens is 1. The van der Waals surface area contributed by atoms with Crippen LogP contribution >= 0.6 is 11.3 Å². The fourth-order valence-electron chi connectivity index (χ4n) is 1.60. The molecule has 0 unspecified atom stereocenters. The van der Waals surface area contributed by atoms with Crippen LogP contribution in [0.4, 0.5) is 18.3 Å². The SMILES string of the molecule is CN(C)c1nc(CNC(=O)c2cc(F)c(F)c(O)c2F)cs1. The Morgan fingerprint density at radius 2 is 2.05 bits per heavy atom. The third-order valence-corrected chi connectivity index (χ3v) is 3.79. The van der Waals surface area contributed by atoms with E-state index in [1.807, 2.05) is 0 Å². The van der Waals surface area contributed by atoms with Gasteiger partial charge >= 0.3 is 0 Å². The van der Waals surface area contributed by atoms with E-state index < -0.39 is 34.7 Å². The molecule has 2 rings (SSSR count). The third kappa shape index (κ3) is 3.14. The maximum Gasteiger partial charge on any atom is 0.254 e. The van der Waals surface area contributed by atoms with Crippen LogP contribution in [0, 0.1) is 17.5 Å². The fraction of sp³-hybridized carbons (Fsp3) is 0.231. The molecule has 9 heteroatoms. The summed E-state index contributed by atoms with van der Waals surface area (Å²) >= 11 is 1.35. The highest BCUT2D eigenvalue weighted by Crippen LogP contribution is 2.26. The number of amides is 1. The van der Waals surface area contributed by atoms with Crippen LogP contribution in [-0.2, 0) is 6.54 Å². The minimum Gasteiger partial charge on any atom is -0.503 e. The predicted molar refractivity (Wildman–Crippen MR) is 75.6 cm³/mol. The molecule has 0 atom stereocenters. The molecule has 5 nitrogen and oxygen atoms in total. The molecular weight excluding hydrogens is 319 g/mol. The van der Waals surface area contributed by atoms with Crippen molar-refractivity contribution >= 4 is 22.4 Å². The molecule has 0 bridgehead atoms. The zero-order valence-electron chi connectivity index (χ0n) is 11.7. The van der Waals surface area contributed by atoms with Crippen LogP contribution in [0.3, 0.4) is 0 Å². The molecule has 0 radical (unpaired) electrons. The number of hydrogen-bond donors (Lipinski definition) is 2. The Balaban J connectivity index is 2.12. The average molecular weight is 331 g/mol. The Labute approximate surface area is 128 Å². The summed E-state index contributed by atoms with van der Waals surface area (Å²) < 4.78 is 39.7. The summed E-state index contributed by atoms with van der Waals surface area (Å²) in [5.41, 5.74) is -0.242. The second-order valence-corrected chi connectivity index (χ2v) is 5.42. The second kappa shape index (κ2) is 6.22. The van der Waals surface area contributed by atoms with Crippen LogP contribution in [-0.4, -0.2) is 30.1 Å². The number of halogens is 3. The van der Waals surface area contributed by atoms with Crippen molar-refractivity contribution in [2.75, 3.05) is 19.0 Å². The lowest BCUT2D eigenvalue weighted by Gasteiger charge is -2.08. The molecule has 0 fully saturated rings. The number of carbonyl (C=O) groups is 1. The van der Waals surface area contributed by atoms with E-state index in [1.54, 1.807) is 24.4 Å². The number of nitrogens with zero attached hydrogens (tertiary/aromatic N) is 2. The molecule has 1 aromatic heterocycles. The standard InChI is InChI=1S/C13H12F3N3O2S/c1-19(2)13-18-6(5-22-13)4-17-12(21)7-3-8(14)10(16)11(20)9(7)15/h3,5,20H,4H2,1-2H3,(H,17,21). The number of rotatable bonds is 4. The number of aromatic hydroxyl groups is 1. The van der Waals surface area contributed by atoms with E-state index in [0.717, 1.165) is 5.13 Å². The number of hydrogen-bond acceptors (Lipinski definition) is 5. The maximum atomic E-state index is 13.6. The summed E-state index contributed by atoms with van der Waals surface area (Å²) in [7, 11) is 3.61. The van der Waals surface area contributed by atoms with E-state index >= 15 is 0 Å². The maximum absolute atomic E-state index is 13.6. The zero-order valence-corrected chi connectivity index (χ0v) is 12.5. The Bertz CT molecular complexity index is 719. The van der Waals surface area contributed by atoms with Gasteiger partial charge in [-0.15, -0.1) is 11.3 Å². The van der Waals surface area contributed by atoms with E-state index in [4.69, 9.17) is 5.11 Å². The van der Waals surface area contributed by atoms with Crippen LogP contribution in [0.5, 0.6) is 5.75 Å². The molecule has 0 aliphatic heterocycles. The molecule has 0 aliphatic rings. The number of phenolic OH excluding ortho intramolecular Hbond substituents is 1. The van der Waals surface area contributed by atoms with E-state index in [2.05, 4.69) is 10.3 Å². The molecular formula is C13H12F3N3O2S. The first-order valence-electron chi connectivity index (χ1n) is 6.07. The largest absolute Gasteiger partial charge is 0.503 e. The topological polar surface area (TPSA) is 65.5 Å². The Hall–Kier alpha value is -2.29. The van der Waals surface area contributed by atoms with Gasteiger partial charge in [0.1, 0.15) is 0 Å². The van der Waals surface area contributed by atoms with Gasteiger partial charge in [0.05, 0.1) is 17.8 Å². The first-order chi connectivity index (χ1) is 10.3. The summed E-state index contributed by atoms with van der Waals surface area (Å²) in [4.78, 5) is 17.8. The lowest BCUT2D eigenvalue weighted by atomic mass is 10.1. The Morgan fingerprint density at radius 3 is 2.64 bits per heavy atom. The lowest BCUT2D eigenvalue weighted by molar-refractivity contribution is 0.0944. The summed E-state index contributed by atoms with van der Waals surface area (Å²) in [6, 6.07) is 0.395. The van der Waals surface area contributed by atoms with E-state index in [9.17, 15) is 18.0 Å². The van der Waals surface area contributed by atoms with Crippen molar-refractivity contribution in [3.63, 3.8) is 0 Å². The highest BCUT2D eigenvalue weighted by molar-refractivity contribution is 7.13. The highest BCUT2D eigenvalue weighted by Gasteiger charge is 2.22. The number of benzene rings is 1. The van der Waals surface area contributed by atoms with E-state index in [-0.39, 0.29) is 6.54 Å². The van der Waals surface area contributed by atoms with Gasteiger partial charge in [-0.25, -0.2) is 13.8 Å². The molecule has 0 saturated carbocycles. The van der Waals surface area contributed by atoms with Crippen LogP contribution in [0.1, 0.15) is 16.1 Å². The number of phenols is 1. The minimum absolute atomic E-state index is 0.0115. The molecule has 1 amide bonds. The van der Waals surface area contributed by atoms with Crippen LogP contribution in [0.2, 0.25) is 0 Å². The van der Waals surface area contributed by atoms with Gasteiger partial charge in [-0.1, -0.05) is 0 Å². The van der Waals surface area contributed by atoms with Gasteiger partial charge in [0.2, 0.25) is 5.82 Å². The fourth-order valence-corrected chi connectivity index (χ4v) is 2.36. The van der Waals surface area contributed by atoms with Crippen LogP contribution in [0.25, 0.3) is 0 Å². The van der Waals surface area contributed by atoms with Gasteiger partial charge < -0.3 is 15.3 Å². The molecule has 2 N–H and O–H groups in total. The summed E-state index contributed by atoms with van der Waals surface area (Å²) in [5.74, 6) is -7.25. The molecule has 0 spiro atoms. The Morgan fingerprint density at radius 1 is 1.36 bits per heavy atom. The summed E-state index contributed by atoms with van der Waals surface area (Å²) in [5, 5.41) is 13.8. The zero-order chi connectivity index (χ0) is 16.4. The molecule has 118 valence electrons. The quantitative estimate of drug-likeness (QED) is 0.844. The van der Waals surface area contributed by atoms with Gasteiger partial charge in [0.15, 0.2) is 22.5 Å². The van der Waals surface area contributed by atoms with Gasteiger partial charge in [-0.05, 0) is 6.07 Å². The van der Waals surface area contributed by atoms with Crippen molar-refractivity contribution in [3.8, 4) is 5.75 Å². The number of anilines is 1. The first kappa shape index (κ1) is 16.1. The number of thiazole rings is 1. The van der Waals surface area contributed by atoms with E-state index in [0.29, 0.717) is 11.8 Å². The van der Waals surface area contributed by atoms with Gasteiger partial charge in [-0.3, -0.25) is 4.79 Å². The van der Waals surface area contributed by atoms with Crippen molar-refractivity contribution in [2.45, 2.75) is 6.54 Å². The van der Waals surface area contributed by atoms with Gasteiger partial charge in [0, 0.05) is 19.5 Å². The second-order valence-electron chi connectivity index (χ2n) is 4.58. The minimum atomic E-state index is -1.73. The number of carbonyl (C=O) groups excluding carboxylic acids is 1. The summed E-state index contributed by atoms with van der Waals surface area (Å²) in [6.07, 6.45) is 0. The van der Waals surface area contributed by atoms with E-state index in [1.165, 1.54) is 11.3 Å².